The summed E-state index contributed by atoms with van der Waals surface area (Å²) in [7, 11) is 7.81. The van der Waals surface area contributed by atoms with E-state index in [0.717, 1.165) is 0 Å². The summed E-state index contributed by atoms with van der Waals surface area (Å²) in [6.45, 7) is 3.29. The van der Waals surface area contributed by atoms with Gasteiger partial charge in [0.1, 0.15) is 30.5 Å². The number of esters is 1. The normalized spacial score (nSPS) is 38.7. The van der Waals surface area contributed by atoms with Gasteiger partial charge in [0.2, 0.25) is 0 Å². The van der Waals surface area contributed by atoms with Crippen LogP contribution in [0.1, 0.15) is 20.3 Å². The molecule has 0 N–H and O–H groups in total. The van der Waals surface area contributed by atoms with Gasteiger partial charge in [-0.15, -0.1) is 0 Å². The molecule has 2 fully saturated rings. The molecular weight excluding hydrogens is 416 g/mol. The molecule has 0 bridgehead atoms. The Balaban J connectivity index is 2.03. The molecule has 2 aliphatic heterocycles. The molecule has 31 heavy (non-hydrogen) atoms. The van der Waals surface area contributed by atoms with Crippen molar-refractivity contribution in [3.05, 3.63) is 0 Å². The minimum Gasteiger partial charge on any atom is -0.457 e. The zero-order chi connectivity index (χ0) is 23.0. The molecule has 0 amide bonds. The van der Waals surface area contributed by atoms with E-state index in [1.807, 2.05) is 0 Å². The summed E-state index contributed by atoms with van der Waals surface area (Å²) < 4.78 is 56.2. The maximum absolute atomic E-state index is 11.5. The van der Waals surface area contributed by atoms with Crippen molar-refractivity contribution in [3.8, 4) is 0 Å². The van der Waals surface area contributed by atoms with Crippen LogP contribution in [0.5, 0.6) is 0 Å². The topological polar surface area (TPSA) is 109 Å². The van der Waals surface area contributed by atoms with Gasteiger partial charge in [0.25, 0.3) is 0 Å². The molecule has 2 heterocycles. The highest BCUT2D eigenvalue weighted by Crippen LogP contribution is 2.29. The largest absolute Gasteiger partial charge is 0.457 e. The van der Waals surface area contributed by atoms with Gasteiger partial charge in [-0.25, -0.2) is 0 Å². The van der Waals surface area contributed by atoms with E-state index in [0.29, 0.717) is 6.42 Å². The molecular formula is C20H36O11. The van der Waals surface area contributed by atoms with Gasteiger partial charge in [-0.1, -0.05) is 0 Å². The van der Waals surface area contributed by atoms with Crippen LogP contribution in [0.4, 0.5) is 0 Å². The SMILES string of the molecule is COCC1O[C@@H](OCO[C@@H]2CC(OC)OC(C)C2OC(C)=O)C(OC)C(OC)[C@@H]1OC. The molecule has 0 aromatic carbocycles. The van der Waals surface area contributed by atoms with E-state index in [1.165, 1.54) is 6.92 Å². The number of hydrogen-bond donors (Lipinski definition) is 0. The van der Waals surface area contributed by atoms with E-state index in [9.17, 15) is 4.79 Å². The molecule has 11 heteroatoms. The van der Waals surface area contributed by atoms with Crippen molar-refractivity contribution in [3.63, 3.8) is 0 Å². The summed E-state index contributed by atoms with van der Waals surface area (Å²) >= 11 is 0. The number of methoxy groups -OCH3 is 5. The summed E-state index contributed by atoms with van der Waals surface area (Å²) in [4.78, 5) is 11.5. The highest BCUT2D eigenvalue weighted by atomic mass is 16.8. The maximum Gasteiger partial charge on any atom is 0.303 e. The maximum atomic E-state index is 11.5. The second kappa shape index (κ2) is 13.0. The third-order valence-electron chi connectivity index (χ3n) is 5.44. The number of carbonyl (C=O) groups excluding carboxylic acids is 1. The fourth-order valence-electron chi connectivity index (χ4n) is 3.98. The van der Waals surface area contributed by atoms with Crippen molar-refractivity contribution in [2.45, 2.75) is 75.6 Å². The van der Waals surface area contributed by atoms with E-state index in [4.69, 9.17) is 47.4 Å². The minimum absolute atomic E-state index is 0.135. The average Bonchev–Trinajstić information content (AvgIpc) is 2.75. The predicted molar refractivity (Wildman–Crippen MR) is 105 cm³/mol. The highest BCUT2D eigenvalue weighted by molar-refractivity contribution is 5.66. The first-order valence-electron chi connectivity index (χ1n) is 10.2. The second-order valence-corrected chi connectivity index (χ2v) is 7.41. The van der Waals surface area contributed by atoms with Crippen LogP contribution in [-0.2, 0) is 52.2 Å². The smallest absolute Gasteiger partial charge is 0.303 e. The lowest BCUT2D eigenvalue weighted by molar-refractivity contribution is -0.335. The summed E-state index contributed by atoms with van der Waals surface area (Å²) in [5, 5.41) is 0. The average molecular weight is 452 g/mol. The van der Waals surface area contributed by atoms with E-state index < -0.39 is 61.3 Å². The lowest BCUT2D eigenvalue weighted by Gasteiger charge is -2.44. The van der Waals surface area contributed by atoms with Crippen LogP contribution in [0.2, 0.25) is 0 Å². The van der Waals surface area contributed by atoms with Gasteiger partial charge < -0.3 is 47.4 Å². The predicted octanol–water partition coefficient (Wildman–Crippen LogP) is 0.475. The van der Waals surface area contributed by atoms with Crippen LogP contribution in [0.15, 0.2) is 0 Å². The van der Waals surface area contributed by atoms with Crippen LogP contribution in [0.3, 0.4) is 0 Å². The molecule has 0 aromatic heterocycles. The second-order valence-electron chi connectivity index (χ2n) is 7.41. The fraction of sp³-hybridized carbons (Fsp3) is 0.950. The van der Waals surface area contributed by atoms with Crippen LogP contribution in [0, 0.1) is 0 Å². The first kappa shape index (κ1) is 26.4. The van der Waals surface area contributed by atoms with Crippen molar-refractivity contribution < 1.29 is 52.2 Å². The molecule has 0 saturated carbocycles. The van der Waals surface area contributed by atoms with Crippen molar-refractivity contribution in [1.29, 1.82) is 0 Å². The van der Waals surface area contributed by atoms with E-state index >= 15 is 0 Å². The fourth-order valence-corrected chi connectivity index (χ4v) is 3.98. The molecule has 0 aromatic rings. The molecule has 2 rings (SSSR count). The molecule has 0 aliphatic carbocycles. The third kappa shape index (κ3) is 6.80. The Bertz CT molecular complexity index is 533. The van der Waals surface area contributed by atoms with Crippen LogP contribution < -0.4 is 0 Å². The standard InChI is InChI=1S/C20H36O11/c1-11-16(30-12(2)21)13(8-15(23-4)29-11)27-10-28-20-19(26-7)18(25-6)17(24-5)14(31-20)9-22-3/h11,13-20H,8-10H2,1-7H3/t11?,13-,14?,15?,16?,17-,18?,19?,20-/m1/s1. The first-order valence-corrected chi connectivity index (χ1v) is 10.2. The number of rotatable bonds is 11. The summed E-state index contributed by atoms with van der Waals surface area (Å²) in [6.07, 6.45) is -4.20. The van der Waals surface area contributed by atoms with Crippen molar-refractivity contribution in [2.75, 3.05) is 48.9 Å². The Morgan fingerprint density at radius 1 is 0.871 bits per heavy atom. The van der Waals surface area contributed by atoms with Crippen molar-refractivity contribution >= 4 is 5.97 Å². The molecule has 0 spiro atoms. The van der Waals surface area contributed by atoms with Crippen molar-refractivity contribution in [1.82, 2.24) is 0 Å². The number of ether oxygens (including phenoxy) is 10. The minimum atomic E-state index is -0.788. The Labute approximate surface area is 183 Å². The van der Waals surface area contributed by atoms with E-state index in [-0.39, 0.29) is 13.4 Å². The Morgan fingerprint density at radius 2 is 1.55 bits per heavy atom. The van der Waals surface area contributed by atoms with Gasteiger partial charge in [-0.2, -0.15) is 0 Å². The number of hydrogen-bond acceptors (Lipinski definition) is 11. The first-order chi connectivity index (χ1) is 14.9. The highest BCUT2D eigenvalue weighted by Gasteiger charge is 2.48. The van der Waals surface area contributed by atoms with Gasteiger partial charge in [0, 0.05) is 48.9 Å². The molecule has 2 saturated heterocycles. The van der Waals surface area contributed by atoms with Gasteiger partial charge in [0.05, 0.1) is 12.7 Å². The van der Waals surface area contributed by atoms with E-state index in [2.05, 4.69) is 0 Å². The Morgan fingerprint density at radius 3 is 2.10 bits per heavy atom. The molecule has 2 aliphatic rings. The molecule has 11 nitrogen and oxygen atoms in total. The zero-order valence-corrected chi connectivity index (χ0v) is 19.3. The van der Waals surface area contributed by atoms with Crippen molar-refractivity contribution in [2.24, 2.45) is 0 Å². The molecule has 9 atom stereocenters. The quantitative estimate of drug-likeness (QED) is 0.322. The molecule has 6 unspecified atom stereocenters. The van der Waals surface area contributed by atoms with Crippen LogP contribution in [-0.4, -0.2) is 110 Å². The van der Waals surface area contributed by atoms with Gasteiger partial charge in [-0.3, -0.25) is 4.79 Å². The van der Waals surface area contributed by atoms with Crippen LogP contribution >= 0.6 is 0 Å². The molecule has 0 radical (unpaired) electrons. The third-order valence-corrected chi connectivity index (χ3v) is 5.44. The van der Waals surface area contributed by atoms with Gasteiger partial charge in [0.15, 0.2) is 25.5 Å². The summed E-state index contributed by atoms with van der Waals surface area (Å²) in [5.74, 6) is -0.420. The monoisotopic (exact) mass is 452 g/mol. The molecule has 182 valence electrons. The van der Waals surface area contributed by atoms with Gasteiger partial charge in [-0.05, 0) is 6.92 Å². The summed E-state index contributed by atoms with van der Waals surface area (Å²) in [6, 6.07) is 0. The summed E-state index contributed by atoms with van der Waals surface area (Å²) in [5.41, 5.74) is 0. The van der Waals surface area contributed by atoms with Crippen LogP contribution in [0.25, 0.3) is 0 Å². The zero-order valence-electron chi connectivity index (χ0n) is 19.3. The lowest BCUT2D eigenvalue weighted by atomic mass is 9.98. The lowest BCUT2D eigenvalue weighted by Crippen LogP contribution is -2.61. The number of carbonyl (C=O) groups is 1. The Kier molecular flexibility index (Phi) is 11.0. The van der Waals surface area contributed by atoms with E-state index in [1.54, 1.807) is 42.5 Å². The Hall–Kier alpha value is -0.890. The van der Waals surface area contributed by atoms with Gasteiger partial charge >= 0.3 is 5.97 Å².